The van der Waals surface area contributed by atoms with E-state index in [4.69, 9.17) is 4.74 Å². The van der Waals surface area contributed by atoms with Crippen molar-refractivity contribution in [3.63, 3.8) is 0 Å². The zero-order valence-corrected chi connectivity index (χ0v) is 11.5. The topological polar surface area (TPSA) is 45.6 Å². The fraction of sp³-hybridized carbons (Fsp3) is 0.769. The van der Waals surface area contributed by atoms with Gasteiger partial charge < -0.3 is 14.7 Å². The minimum atomic E-state index is -0.417. The van der Waals surface area contributed by atoms with E-state index in [2.05, 4.69) is 9.88 Å². The fourth-order valence-corrected chi connectivity index (χ4v) is 3.87. The van der Waals surface area contributed by atoms with Crippen molar-refractivity contribution in [3.05, 3.63) is 11.1 Å². The van der Waals surface area contributed by atoms with E-state index in [0.29, 0.717) is 12.1 Å². The van der Waals surface area contributed by atoms with Crippen molar-refractivity contribution in [2.75, 3.05) is 18.1 Å². The molecule has 18 heavy (non-hydrogen) atoms. The average molecular weight is 268 g/mol. The molecule has 2 fully saturated rings. The molecule has 1 saturated carbocycles. The number of rotatable bonds is 2. The Morgan fingerprint density at radius 2 is 2.33 bits per heavy atom. The summed E-state index contributed by atoms with van der Waals surface area (Å²) in [7, 11) is 0. The normalized spacial score (nSPS) is 30.0. The standard InChI is InChI=1S/C13H20N2O2S/c1-9(16)12-8-14-13(18-12)15-6-7-17-11-5-3-2-4-10(11)15/h8-11,16H,2-7H2,1H3. The second kappa shape index (κ2) is 5.15. The number of morpholine rings is 1. The van der Waals surface area contributed by atoms with E-state index in [1.54, 1.807) is 24.5 Å². The van der Waals surface area contributed by atoms with Gasteiger partial charge in [0.1, 0.15) is 0 Å². The Hall–Kier alpha value is -0.650. The predicted octanol–water partition coefficient (Wildman–Crippen LogP) is 2.34. The molecule has 100 valence electrons. The molecule has 1 aliphatic heterocycles. The number of fused-ring (bicyclic) bond motifs is 1. The zero-order valence-electron chi connectivity index (χ0n) is 10.7. The van der Waals surface area contributed by atoms with Crippen LogP contribution in [-0.4, -0.2) is 35.4 Å². The summed E-state index contributed by atoms with van der Waals surface area (Å²) in [5, 5.41) is 10.6. The number of aromatic nitrogens is 1. The number of nitrogens with zero attached hydrogens (tertiary/aromatic N) is 2. The molecule has 0 spiro atoms. The quantitative estimate of drug-likeness (QED) is 0.894. The van der Waals surface area contributed by atoms with Gasteiger partial charge in [-0.25, -0.2) is 4.98 Å². The Bertz CT molecular complexity index is 405. The fourth-order valence-electron chi connectivity index (χ4n) is 2.94. The van der Waals surface area contributed by atoms with Crippen molar-refractivity contribution >= 4 is 16.5 Å². The Labute approximate surface area is 112 Å². The number of thiazole rings is 1. The van der Waals surface area contributed by atoms with Crippen LogP contribution in [0, 0.1) is 0 Å². The lowest BCUT2D eigenvalue weighted by molar-refractivity contribution is -0.00868. The maximum atomic E-state index is 9.60. The van der Waals surface area contributed by atoms with Crippen LogP contribution in [0.2, 0.25) is 0 Å². The highest BCUT2D eigenvalue weighted by atomic mass is 32.1. The molecule has 2 heterocycles. The molecule has 0 aromatic carbocycles. The lowest BCUT2D eigenvalue weighted by atomic mass is 9.90. The highest BCUT2D eigenvalue weighted by Gasteiger charge is 2.35. The summed E-state index contributed by atoms with van der Waals surface area (Å²) < 4.78 is 5.87. The molecule has 1 aromatic rings. The van der Waals surface area contributed by atoms with Gasteiger partial charge in [-0.1, -0.05) is 24.2 Å². The van der Waals surface area contributed by atoms with Gasteiger partial charge in [-0.2, -0.15) is 0 Å². The largest absolute Gasteiger partial charge is 0.388 e. The van der Waals surface area contributed by atoms with E-state index in [1.165, 1.54) is 25.7 Å². The molecule has 0 radical (unpaired) electrons. The third kappa shape index (κ3) is 2.27. The van der Waals surface area contributed by atoms with Crippen molar-refractivity contribution in [1.29, 1.82) is 0 Å². The first-order valence-corrected chi connectivity index (χ1v) is 7.59. The zero-order chi connectivity index (χ0) is 12.5. The Balaban J connectivity index is 1.80. The number of aliphatic hydroxyl groups excluding tert-OH is 1. The molecule has 3 rings (SSSR count). The van der Waals surface area contributed by atoms with E-state index in [1.807, 2.05) is 0 Å². The van der Waals surface area contributed by atoms with Crippen LogP contribution >= 0.6 is 11.3 Å². The number of hydrogen-bond acceptors (Lipinski definition) is 5. The van der Waals surface area contributed by atoms with Crippen molar-refractivity contribution in [3.8, 4) is 0 Å². The lowest BCUT2D eigenvalue weighted by Gasteiger charge is -2.43. The SMILES string of the molecule is CC(O)c1cnc(N2CCOC3CCCCC32)s1. The molecular weight excluding hydrogens is 248 g/mol. The smallest absolute Gasteiger partial charge is 0.186 e. The van der Waals surface area contributed by atoms with Crippen LogP contribution in [0.25, 0.3) is 0 Å². The lowest BCUT2D eigenvalue weighted by Crippen LogP contribution is -2.52. The summed E-state index contributed by atoms with van der Waals surface area (Å²) in [4.78, 5) is 7.82. The summed E-state index contributed by atoms with van der Waals surface area (Å²) in [6.45, 7) is 3.51. The van der Waals surface area contributed by atoms with Crippen LogP contribution < -0.4 is 4.90 Å². The van der Waals surface area contributed by atoms with Crippen molar-refractivity contribution < 1.29 is 9.84 Å². The number of ether oxygens (including phenoxy) is 1. The van der Waals surface area contributed by atoms with Crippen LogP contribution in [0.3, 0.4) is 0 Å². The monoisotopic (exact) mass is 268 g/mol. The molecule has 1 N–H and O–H groups in total. The van der Waals surface area contributed by atoms with E-state index in [-0.39, 0.29) is 0 Å². The highest BCUT2D eigenvalue weighted by Crippen LogP contribution is 2.35. The minimum absolute atomic E-state index is 0.381. The van der Waals surface area contributed by atoms with E-state index in [9.17, 15) is 5.11 Å². The molecule has 1 saturated heterocycles. The van der Waals surface area contributed by atoms with Gasteiger partial charge in [-0.3, -0.25) is 0 Å². The maximum absolute atomic E-state index is 9.60. The Morgan fingerprint density at radius 3 is 3.11 bits per heavy atom. The molecule has 3 unspecified atom stereocenters. The summed E-state index contributed by atoms with van der Waals surface area (Å²) in [5.74, 6) is 0. The number of anilines is 1. The van der Waals surface area contributed by atoms with E-state index >= 15 is 0 Å². The number of aliphatic hydroxyl groups is 1. The van der Waals surface area contributed by atoms with Gasteiger partial charge in [0.25, 0.3) is 0 Å². The van der Waals surface area contributed by atoms with E-state index < -0.39 is 6.10 Å². The van der Waals surface area contributed by atoms with Crippen molar-refractivity contribution in [1.82, 2.24) is 4.98 Å². The summed E-state index contributed by atoms with van der Waals surface area (Å²) in [6.07, 6.45) is 6.72. The van der Waals surface area contributed by atoms with Crippen LogP contribution in [0.1, 0.15) is 43.6 Å². The van der Waals surface area contributed by atoms with Gasteiger partial charge in [-0.15, -0.1) is 0 Å². The Morgan fingerprint density at radius 1 is 1.50 bits per heavy atom. The van der Waals surface area contributed by atoms with Crippen molar-refractivity contribution in [2.24, 2.45) is 0 Å². The van der Waals surface area contributed by atoms with Crippen LogP contribution in [-0.2, 0) is 4.74 Å². The first-order valence-electron chi connectivity index (χ1n) is 6.78. The molecule has 3 atom stereocenters. The van der Waals surface area contributed by atoms with Crippen LogP contribution in [0.5, 0.6) is 0 Å². The Kier molecular flexibility index (Phi) is 3.54. The van der Waals surface area contributed by atoms with Gasteiger partial charge in [-0.05, 0) is 19.8 Å². The van der Waals surface area contributed by atoms with Gasteiger partial charge in [0.15, 0.2) is 5.13 Å². The summed E-state index contributed by atoms with van der Waals surface area (Å²) >= 11 is 1.61. The summed E-state index contributed by atoms with van der Waals surface area (Å²) in [5.41, 5.74) is 0. The first-order chi connectivity index (χ1) is 8.75. The molecular formula is C13H20N2O2S. The third-order valence-electron chi connectivity index (χ3n) is 3.90. The van der Waals surface area contributed by atoms with Crippen LogP contribution in [0.4, 0.5) is 5.13 Å². The third-order valence-corrected chi connectivity index (χ3v) is 5.11. The molecule has 1 aliphatic carbocycles. The molecule has 0 bridgehead atoms. The van der Waals surface area contributed by atoms with Gasteiger partial charge >= 0.3 is 0 Å². The van der Waals surface area contributed by atoms with Crippen LogP contribution in [0.15, 0.2) is 6.20 Å². The second-order valence-electron chi connectivity index (χ2n) is 5.18. The van der Waals surface area contributed by atoms with Crippen molar-refractivity contribution in [2.45, 2.75) is 50.9 Å². The second-order valence-corrected chi connectivity index (χ2v) is 6.22. The molecule has 5 heteroatoms. The molecule has 1 aromatic heterocycles. The van der Waals surface area contributed by atoms with Gasteiger partial charge in [0.05, 0.1) is 29.7 Å². The summed E-state index contributed by atoms with van der Waals surface area (Å²) in [6, 6.07) is 0.487. The van der Waals surface area contributed by atoms with Gasteiger partial charge in [0, 0.05) is 12.7 Å². The first kappa shape index (κ1) is 12.4. The number of hydrogen-bond donors (Lipinski definition) is 1. The highest BCUT2D eigenvalue weighted by molar-refractivity contribution is 7.15. The molecule has 0 amide bonds. The van der Waals surface area contributed by atoms with Gasteiger partial charge in [0.2, 0.25) is 0 Å². The average Bonchev–Trinajstić information content (AvgIpc) is 2.87. The van der Waals surface area contributed by atoms with E-state index in [0.717, 1.165) is 23.2 Å². The maximum Gasteiger partial charge on any atom is 0.186 e. The molecule has 4 nitrogen and oxygen atoms in total. The predicted molar refractivity (Wildman–Crippen MR) is 72.1 cm³/mol. The molecule has 2 aliphatic rings. The minimum Gasteiger partial charge on any atom is -0.388 e.